The molecule has 0 heterocycles. The first-order valence-electron chi connectivity index (χ1n) is 6.22. The van der Waals surface area contributed by atoms with Gasteiger partial charge in [-0.25, -0.2) is 10.3 Å². The van der Waals surface area contributed by atoms with Crippen LogP contribution in [0.4, 0.5) is 10.5 Å². The molecular weight excluding hydrogens is 320 g/mol. The van der Waals surface area contributed by atoms with E-state index in [0.717, 1.165) is 10.9 Å². The van der Waals surface area contributed by atoms with E-state index in [9.17, 15) is 4.79 Å². The van der Waals surface area contributed by atoms with Gasteiger partial charge in [0.05, 0.1) is 6.61 Å². The van der Waals surface area contributed by atoms with E-state index < -0.39 is 0 Å². The van der Waals surface area contributed by atoms with Gasteiger partial charge in [-0.2, -0.15) is 0 Å². The van der Waals surface area contributed by atoms with Gasteiger partial charge in [0.25, 0.3) is 0 Å². The van der Waals surface area contributed by atoms with Crippen LogP contribution in [0.1, 0.15) is 5.56 Å². The third-order valence-electron chi connectivity index (χ3n) is 2.60. The number of carbonyl (C=O) groups is 1. The molecule has 0 saturated carbocycles. The largest absolute Gasteiger partial charge is 0.343 e. The van der Waals surface area contributed by atoms with E-state index in [-0.39, 0.29) is 6.03 Å². The van der Waals surface area contributed by atoms with Gasteiger partial charge in [-0.05, 0) is 36.2 Å². The molecule has 4 nitrogen and oxygen atoms in total. The zero-order valence-electron chi connectivity index (χ0n) is 10.8. The molecule has 0 aliphatic carbocycles. The number of urea groups is 1. The predicted molar refractivity (Wildman–Crippen MR) is 82.4 cm³/mol. The number of hydrogen-bond donors (Lipinski definition) is 2. The number of hydrogen-bond acceptors (Lipinski definition) is 2. The number of halogens is 1. The van der Waals surface area contributed by atoms with Crippen LogP contribution in [0.25, 0.3) is 0 Å². The summed E-state index contributed by atoms with van der Waals surface area (Å²) < 4.78 is 0.961. The lowest BCUT2D eigenvalue weighted by Crippen LogP contribution is -2.29. The van der Waals surface area contributed by atoms with Crippen LogP contribution in [0.3, 0.4) is 0 Å². The van der Waals surface area contributed by atoms with Crippen LogP contribution in [0.5, 0.6) is 0 Å². The van der Waals surface area contributed by atoms with Crippen LogP contribution in [-0.4, -0.2) is 12.6 Å². The predicted octanol–water partition coefficient (Wildman–Crippen LogP) is 3.74. The van der Waals surface area contributed by atoms with Gasteiger partial charge in [0.1, 0.15) is 0 Å². The molecule has 104 valence electrons. The second-order valence-electron chi connectivity index (χ2n) is 4.15. The maximum atomic E-state index is 11.5. The minimum Gasteiger partial charge on any atom is -0.306 e. The standard InChI is InChI=1S/C15H15BrN2O2/c16-13-6-8-14(9-7-13)17-15(19)18-20-11-10-12-4-2-1-3-5-12/h1-9H,10-11H2,(H2,17,18,19). The van der Waals surface area contributed by atoms with E-state index in [0.29, 0.717) is 12.3 Å². The summed E-state index contributed by atoms with van der Waals surface area (Å²) in [6.07, 6.45) is 0.749. The minimum absolute atomic E-state index is 0.389. The molecule has 0 aliphatic heterocycles. The lowest BCUT2D eigenvalue weighted by Gasteiger charge is -2.08. The summed E-state index contributed by atoms with van der Waals surface area (Å²) in [5.74, 6) is 0. The number of carbonyl (C=O) groups excluding carboxylic acids is 1. The van der Waals surface area contributed by atoms with Gasteiger partial charge in [0.2, 0.25) is 0 Å². The Bertz CT molecular complexity index is 544. The topological polar surface area (TPSA) is 50.4 Å². The molecule has 0 fully saturated rings. The van der Waals surface area contributed by atoms with Crippen molar-refractivity contribution in [1.29, 1.82) is 0 Å². The zero-order chi connectivity index (χ0) is 14.2. The normalized spacial score (nSPS) is 10.1. The van der Waals surface area contributed by atoms with Crippen LogP contribution in [0.15, 0.2) is 59.1 Å². The van der Waals surface area contributed by atoms with Crippen LogP contribution in [-0.2, 0) is 11.3 Å². The zero-order valence-corrected chi connectivity index (χ0v) is 12.4. The van der Waals surface area contributed by atoms with Crippen molar-refractivity contribution in [3.63, 3.8) is 0 Å². The number of anilines is 1. The van der Waals surface area contributed by atoms with Crippen molar-refractivity contribution in [3.8, 4) is 0 Å². The second-order valence-corrected chi connectivity index (χ2v) is 5.06. The molecule has 0 aliphatic rings. The number of hydroxylamine groups is 1. The first kappa shape index (κ1) is 14.6. The van der Waals surface area contributed by atoms with Crippen LogP contribution in [0, 0.1) is 0 Å². The van der Waals surface area contributed by atoms with Gasteiger partial charge in [0.15, 0.2) is 0 Å². The van der Waals surface area contributed by atoms with E-state index >= 15 is 0 Å². The Kier molecular flexibility index (Phi) is 5.58. The number of benzene rings is 2. The lowest BCUT2D eigenvalue weighted by atomic mass is 10.2. The van der Waals surface area contributed by atoms with Crippen molar-refractivity contribution in [1.82, 2.24) is 5.48 Å². The number of rotatable bonds is 5. The van der Waals surface area contributed by atoms with Gasteiger partial charge in [-0.1, -0.05) is 46.3 Å². The van der Waals surface area contributed by atoms with Gasteiger partial charge < -0.3 is 5.32 Å². The van der Waals surface area contributed by atoms with Crippen molar-refractivity contribution < 1.29 is 9.63 Å². The molecule has 2 aromatic carbocycles. The van der Waals surface area contributed by atoms with E-state index in [2.05, 4.69) is 26.7 Å². The SMILES string of the molecule is O=C(NOCCc1ccccc1)Nc1ccc(Br)cc1. The second kappa shape index (κ2) is 7.67. The maximum absolute atomic E-state index is 11.5. The molecule has 0 unspecified atom stereocenters. The molecule has 2 rings (SSSR count). The summed E-state index contributed by atoms with van der Waals surface area (Å²) in [5.41, 5.74) is 4.23. The molecule has 2 aromatic rings. The minimum atomic E-state index is -0.389. The molecule has 20 heavy (non-hydrogen) atoms. The van der Waals surface area contributed by atoms with Gasteiger partial charge in [-0.15, -0.1) is 0 Å². The fraction of sp³-hybridized carbons (Fsp3) is 0.133. The molecule has 0 atom stereocenters. The first-order valence-corrected chi connectivity index (χ1v) is 7.01. The highest BCUT2D eigenvalue weighted by Crippen LogP contribution is 2.13. The Balaban J connectivity index is 1.66. The van der Waals surface area contributed by atoms with E-state index in [1.165, 1.54) is 5.56 Å². The van der Waals surface area contributed by atoms with Crippen LogP contribution < -0.4 is 10.8 Å². The fourth-order valence-corrected chi connectivity index (χ4v) is 1.88. The average Bonchev–Trinajstić information content (AvgIpc) is 2.47. The molecule has 2 amide bonds. The molecule has 5 heteroatoms. The number of amides is 2. The van der Waals surface area contributed by atoms with Crippen molar-refractivity contribution in [3.05, 3.63) is 64.6 Å². The van der Waals surface area contributed by atoms with Gasteiger partial charge in [0, 0.05) is 10.2 Å². The summed E-state index contributed by atoms with van der Waals surface area (Å²) in [6, 6.07) is 16.9. The van der Waals surface area contributed by atoms with Crippen molar-refractivity contribution >= 4 is 27.6 Å². The Hall–Kier alpha value is -1.85. The molecule has 0 bridgehead atoms. The Labute approximate surface area is 126 Å². The monoisotopic (exact) mass is 334 g/mol. The van der Waals surface area contributed by atoms with Crippen molar-refractivity contribution in [2.24, 2.45) is 0 Å². The van der Waals surface area contributed by atoms with Crippen molar-refractivity contribution in [2.75, 3.05) is 11.9 Å². The third-order valence-corrected chi connectivity index (χ3v) is 3.13. The average molecular weight is 335 g/mol. The molecule has 0 aromatic heterocycles. The summed E-state index contributed by atoms with van der Waals surface area (Å²) in [6.45, 7) is 0.428. The summed E-state index contributed by atoms with van der Waals surface area (Å²) in [7, 11) is 0. The summed E-state index contributed by atoms with van der Waals surface area (Å²) in [4.78, 5) is 16.7. The molecular formula is C15H15BrN2O2. The van der Waals surface area contributed by atoms with Crippen molar-refractivity contribution in [2.45, 2.75) is 6.42 Å². The molecule has 0 spiro atoms. The van der Waals surface area contributed by atoms with E-state index in [4.69, 9.17) is 4.84 Å². The maximum Gasteiger partial charge on any atom is 0.343 e. The number of nitrogens with one attached hydrogen (secondary N) is 2. The fourth-order valence-electron chi connectivity index (χ4n) is 1.62. The Morgan fingerprint density at radius 3 is 2.45 bits per heavy atom. The molecule has 0 radical (unpaired) electrons. The van der Waals surface area contributed by atoms with E-state index in [1.807, 2.05) is 42.5 Å². The molecule has 2 N–H and O–H groups in total. The smallest absolute Gasteiger partial charge is 0.306 e. The quantitative estimate of drug-likeness (QED) is 0.646. The van der Waals surface area contributed by atoms with Gasteiger partial charge in [-0.3, -0.25) is 4.84 Å². The van der Waals surface area contributed by atoms with Crippen LogP contribution in [0.2, 0.25) is 0 Å². The summed E-state index contributed by atoms with van der Waals surface area (Å²) >= 11 is 3.33. The van der Waals surface area contributed by atoms with Gasteiger partial charge >= 0.3 is 6.03 Å². The third kappa shape index (κ3) is 5.03. The highest BCUT2D eigenvalue weighted by molar-refractivity contribution is 9.10. The van der Waals surface area contributed by atoms with Crippen LogP contribution >= 0.6 is 15.9 Å². The highest BCUT2D eigenvalue weighted by atomic mass is 79.9. The first-order chi connectivity index (χ1) is 9.74. The highest BCUT2D eigenvalue weighted by Gasteiger charge is 2.01. The summed E-state index contributed by atoms with van der Waals surface area (Å²) in [5, 5.41) is 2.67. The van der Waals surface area contributed by atoms with E-state index in [1.54, 1.807) is 12.1 Å². The lowest BCUT2D eigenvalue weighted by molar-refractivity contribution is 0.0681. The Morgan fingerprint density at radius 1 is 1.05 bits per heavy atom. The molecule has 0 saturated heterocycles. The Morgan fingerprint density at radius 2 is 1.75 bits per heavy atom.